The Hall–Kier alpha value is -3.02. The molecule has 0 spiro atoms. The standard InChI is InChI=1S/C18H16FN3O2/c1-11-6-7-14(19)15(8-11)21-16(23)9-22-10-20-17-12(2)4-3-5-13(17)18(22)24/h3-8,10H,9H2,1-2H3,(H,21,23). The maximum Gasteiger partial charge on any atom is 0.261 e. The predicted molar refractivity (Wildman–Crippen MR) is 90.5 cm³/mol. The van der Waals surface area contributed by atoms with Crippen LogP contribution in [0.1, 0.15) is 11.1 Å². The van der Waals surface area contributed by atoms with Crippen LogP contribution >= 0.6 is 0 Å². The first-order valence-corrected chi connectivity index (χ1v) is 7.46. The van der Waals surface area contributed by atoms with Gasteiger partial charge in [-0.1, -0.05) is 18.2 Å². The number of rotatable bonds is 3. The minimum absolute atomic E-state index is 0.0950. The molecule has 0 bridgehead atoms. The Morgan fingerprint density at radius 3 is 2.83 bits per heavy atom. The Morgan fingerprint density at radius 1 is 1.25 bits per heavy atom. The molecule has 0 aliphatic carbocycles. The lowest BCUT2D eigenvalue weighted by Crippen LogP contribution is -2.28. The number of aromatic nitrogens is 2. The molecule has 6 heteroatoms. The van der Waals surface area contributed by atoms with Crippen molar-refractivity contribution in [1.82, 2.24) is 9.55 Å². The first-order chi connectivity index (χ1) is 11.5. The summed E-state index contributed by atoms with van der Waals surface area (Å²) in [5.41, 5.74) is 2.12. The fourth-order valence-electron chi connectivity index (χ4n) is 2.53. The third-order valence-corrected chi connectivity index (χ3v) is 3.77. The molecular formula is C18H16FN3O2. The van der Waals surface area contributed by atoms with Gasteiger partial charge in [-0.3, -0.25) is 14.2 Å². The first-order valence-electron chi connectivity index (χ1n) is 7.46. The van der Waals surface area contributed by atoms with Crippen LogP contribution in [0.3, 0.4) is 0 Å². The van der Waals surface area contributed by atoms with Gasteiger partial charge in [-0.05, 0) is 43.2 Å². The molecule has 24 heavy (non-hydrogen) atoms. The molecule has 0 aliphatic rings. The van der Waals surface area contributed by atoms with E-state index < -0.39 is 11.7 Å². The predicted octanol–water partition coefficient (Wildman–Crippen LogP) is 2.79. The van der Waals surface area contributed by atoms with Gasteiger partial charge in [0.1, 0.15) is 12.4 Å². The van der Waals surface area contributed by atoms with Crippen LogP contribution in [-0.2, 0) is 11.3 Å². The number of benzene rings is 2. The number of halogens is 1. The third kappa shape index (κ3) is 3.03. The monoisotopic (exact) mass is 325 g/mol. The van der Waals surface area contributed by atoms with Crippen LogP contribution in [0.2, 0.25) is 0 Å². The molecule has 0 atom stereocenters. The number of fused-ring (bicyclic) bond motifs is 1. The molecule has 0 saturated carbocycles. The van der Waals surface area contributed by atoms with Gasteiger partial charge in [0.2, 0.25) is 5.91 Å². The van der Waals surface area contributed by atoms with Gasteiger partial charge in [0.25, 0.3) is 5.56 Å². The van der Waals surface area contributed by atoms with Crippen LogP contribution in [0.5, 0.6) is 0 Å². The molecule has 3 aromatic rings. The molecule has 0 radical (unpaired) electrons. The second kappa shape index (κ2) is 6.23. The van der Waals surface area contributed by atoms with Crippen molar-refractivity contribution in [3.63, 3.8) is 0 Å². The Kier molecular flexibility index (Phi) is 4.12. The molecule has 5 nitrogen and oxygen atoms in total. The molecule has 0 saturated heterocycles. The molecule has 1 N–H and O–H groups in total. The van der Waals surface area contributed by atoms with Crippen LogP contribution in [0, 0.1) is 19.7 Å². The molecule has 0 fully saturated rings. The molecule has 3 rings (SSSR count). The van der Waals surface area contributed by atoms with Crippen molar-refractivity contribution in [2.45, 2.75) is 20.4 Å². The fraction of sp³-hybridized carbons (Fsp3) is 0.167. The number of hydrogen-bond acceptors (Lipinski definition) is 3. The molecule has 1 heterocycles. The highest BCUT2D eigenvalue weighted by Crippen LogP contribution is 2.16. The van der Waals surface area contributed by atoms with Crippen LogP contribution < -0.4 is 10.9 Å². The summed E-state index contributed by atoms with van der Waals surface area (Å²) in [6, 6.07) is 9.76. The van der Waals surface area contributed by atoms with E-state index in [4.69, 9.17) is 0 Å². The van der Waals surface area contributed by atoms with Crippen LogP contribution in [0.25, 0.3) is 10.9 Å². The third-order valence-electron chi connectivity index (χ3n) is 3.77. The lowest BCUT2D eigenvalue weighted by atomic mass is 10.1. The molecule has 1 amide bonds. The summed E-state index contributed by atoms with van der Waals surface area (Å²) in [6.07, 6.45) is 1.34. The van der Waals surface area contributed by atoms with E-state index in [1.54, 1.807) is 25.1 Å². The molecule has 122 valence electrons. The van der Waals surface area contributed by atoms with Gasteiger partial charge in [0.15, 0.2) is 0 Å². The molecule has 2 aromatic carbocycles. The quantitative estimate of drug-likeness (QED) is 0.805. The number of carbonyl (C=O) groups is 1. The van der Waals surface area contributed by atoms with Gasteiger partial charge in [0.05, 0.1) is 22.9 Å². The largest absolute Gasteiger partial charge is 0.322 e. The van der Waals surface area contributed by atoms with E-state index in [1.165, 1.54) is 23.0 Å². The number of para-hydroxylation sites is 1. The molecule has 1 aromatic heterocycles. The summed E-state index contributed by atoms with van der Waals surface area (Å²) in [5, 5.41) is 2.94. The number of carbonyl (C=O) groups excluding carboxylic acids is 1. The van der Waals surface area contributed by atoms with E-state index in [9.17, 15) is 14.0 Å². The molecule has 0 unspecified atom stereocenters. The minimum atomic E-state index is -0.520. The second-order valence-electron chi connectivity index (χ2n) is 5.68. The normalized spacial score (nSPS) is 10.8. The van der Waals surface area contributed by atoms with Crippen molar-refractivity contribution in [2.75, 3.05) is 5.32 Å². The van der Waals surface area contributed by atoms with E-state index in [0.717, 1.165) is 11.1 Å². The first kappa shape index (κ1) is 15.9. The zero-order valence-corrected chi connectivity index (χ0v) is 13.3. The zero-order valence-electron chi connectivity index (χ0n) is 13.3. The van der Waals surface area contributed by atoms with E-state index in [0.29, 0.717) is 10.9 Å². The number of amides is 1. The lowest BCUT2D eigenvalue weighted by Gasteiger charge is -2.10. The summed E-state index contributed by atoms with van der Waals surface area (Å²) in [4.78, 5) is 28.8. The van der Waals surface area contributed by atoms with Crippen LogP contribution in [0.4, 0.5) is 10.1 Å². The Bertz CT molecular complexity index is 995. The van der Waals surface area contributed by atoms with E-state index in [1.807, 2.05) is 13.0 Å². The van der Waals surface area contributed by atoms with Gasteiger partial charge in [-0.25, -0.2) is 9.37 Å². The average molecular weight is 325 g/mol. The highest BCUT2D eigenvalue weighted by Gasteiger charge is 2.11. The highest BCUT2D eigenvalue weighted by atomic mass is 19.1. The van der Waals surface area contributed by atoms with Crippen molar-refractivity contribution in [1.29, 1.82) is 0 Å². The van der Waals surface area contributed by atoms with Crippen molar-refractivity contribution in [3.8, 4) is 0 Å². The number of nitrogens with zero attached hydrogens (tertiary/aromatic N) is 2. The maximum absolute atomic E-state index is 13.7. The van der Waals surface area contributed by atoms with Crippen LogP contribution in [0.15, 0.2) is 47.5 Å². The van der Waals surface area contributed by atoms with Gasteiger partial charge < -0.3 is 5.32 Å². The topological polar surface area (TPSA) is 64.0 Å². The number of aryl methyl sites for hydroxylation is 2. The minimum Gasteiger partial charge on any atom is -0.322 e. The summed E-state index contributed by atoms with van der Waals surface area (Å²) in [6.45, 7) is 3.44. The molecule has 0 aliphatic heterocycles. The van der Waals surface area contributed by atoms with E-state index in [-0.39, 0.29) is 17.8 Å². The van der Waals surface area contributed by atoms with Crippen molar-refractivity contribution in [2.24, 2.45) is 0 Å². The van der Waals surface area contributed by atoms with Crippen LogP contribution in [-0.4, -0.2) is 15.5 Å². The van der Waals surface area contributed by atoms with E-state index >= 15 is 0 Å². The smallest absolute Gasteiger partial charge is 0.261 e. The summed E-state index contributed by atoms with van der Waals surface area (Å²) >= 11 is 0. The summed E-state index contributed by atoms with van der Waals surface area (Å²) < 4.78 is 14.9. The summed E-state index contributed by atoms with van der Waals surface area (Å²) in [7, 11) is 0. The lowest BCUT2D eigenvalue weighted by molar-refractivity contribution is -0.116. The van der Waals surface area contributed by atoms with E-state index in [2.05, 4.69) is 10.3 Å². The van der Waals surface area contributed by atoms with Gasteiger partial charge >= 0.3 is 0 Å². The van der Waals surface area contributed by atoms with Gasteiger partial charge in [-0.15, -0.1) is 0 Å². The number of anilines is 1. The summed E-state index contributed by atoms with van der Waals surface area (Å²) in [5.74, 6) is -1.01. The van der Waals surface area contributed by atoms with Crippen molar-refractivity contribution < 1.29 is 9.18 Å². The second-order valence-corrected chi connectivity index (χ2v) is 5.68. The molecular weight excluding hydrogens is 309 g/mol. The fourth-order valence-corrected chi connectivity index (χ4v) is 2.53. The number of hydrogen-bond donors (Lipinski definition) is 1. The highest BCUT2D eigenvalue weighted by molar-refractivity contribution is 5.91. The Labute approximate surface area is 137 Å². The maximum atomic E-state index is 13.7. The zero-order chi connectivity index (χ0) is 17.3. The SMILES string of the molecule is Cc1ccc(F)c(NC(=O)Cn2cnc3c(C)cccc3c2=O)c1. The number of nitrogens with one attached hydrogen (secondary N) is 1. The Morgan fingerprint density at radius 2 is 2.04 bits per heavy atom. The van der Waals surface area contributed by atoms with Gasteiger partial charge in [-0.2, -0.15) is 0 Å². The van der Waals surface area contributed by atoms with Crippen molar-refractivity contribution in [3.05, 3.63) is 70.0 Å². The van der Waals surface area contributed by atoms with Gasteiger partial charge in [0, 0.05) is 0 Å². The van der Waals surface area contributed by atoms with Crippen molar-refractivity contribution >= 4 is 22.5 Å². The average Bonchev–Trinajstić information content (AvgIpc) is 2.54. The Balaban J connectivity index is 1.87.